The third-order valence-electron chi connectivity index (χ3n) is 3.40. The highest BCUT2D eigenvalue weighted by atomic mass is 35.5. The summed E-state index contributed by atoms with van der Waals surface area (Å²) in [7, 11) is 1.88. The molecule has 5 heteroatoms. The molecule has 0 radical (unpaired) electrons. The molecule has 2 N–H and O–H groups in total. The molecule has 1 aliphatic rings. The Morgan fingerprint density at radius 2 is 2.31 bits per heavy atom. The normalized spacial score (nSPS) is 21.9. The Morgan fingerprint density at radius 1 is 1.56 bits per heavy atom. The van der Waals surface area contributed by atoms with Crippen LogP contribution in [0.2, 0.25) is 5.15 Å². The molecular formula is C11H19ClN4. The summed E-state index contributed by atoms with van der Waals surface area (Å²) in [6, 6.07) is 0.510. The first kappa shape index (κ1) is 11.9. The van der Waals surface area contributed by atoms with Crippen molar-refractivity contribution in [1.29, 1.82) is 0 Å². The number of rotatable bonds is 3. The zero-order valence-corrected chi connectivity index (χ0v) is 10.7. The average molecular weight is 243 g/mol. The third-order valence-corrected chi connectivity index (χ3v) is 3.87. The Morgan fingerprint density at radius 3 is 2.88 bits per heavy atom. The van der Waals surface area contributed by atoms with Gasteiger partial charge in [0.05, 0.1) is 5.69 Å². The quantitative estimate of drug-likeness (QED) is 0.870. The lowest BCUT2D eigenvalue weighted by molar-refractivity contribution is 0.250. The van der Waals surface area contributed by atoms with Crippen LogP contribution in [0.15, 0.2) is 0 Å². The highest BCUT2D eigenvalue weighted by molar-refractivity contribution is 6.30. The van der Waals surface area contributed by atoms with Gasteiger partial charge in [0.25, 0.3) is 0 Å². The van der Waals surface area contributed by atoms with E-state index in [2.05, 4.69) is 10.00 Å². The largest absolute Gasteiger partial charge is 0.329 e. The van der Waals surface area contributed by atoms with Crippen molar-refractivity contribution in [3.8, 4) is 0 Å². The Bertz CT molecular complexity index is 374. The van der Waals surface area contributed by atoms with E-state index >= 15 is 0 Å². The molecule has 1 aromatic heterocycles. The zero-order valence-electron chi connectivity index (χ0n) is 9.91. The maximum Gasteiger partial charge on any atom is 0.131 e. The molecular weight excluding hydrogens is 224 g/mol. The molecule has 1 atom stereocenters. The lowest BCUT2D eigenvalue weighted by Gasteiger charge is -2.22. The van der Waals surface area contributed by atoms with Gasteiger partial charge in [0.1, 0.15) is 5.15 Å². The summed E-state index contributed by atoms with van der Waals surface area (Å²) in [5.74, 6) is 0. The second kappa shape index (κ2) is 4.73. The predicted octanol–water partition coefficient (Wildman–Crippen LogP) is 1.31. The summed E-state index contributed by atoms with van der Waals surface area (Å²) in [6.07, 6.45) is 2.44. The van der Waals surface area contributed by atoms with Crippen LogP contribution in [0, 0.1) is 6.92 Å². The molecule has 16 heavy (non-hydrogen) atoms. The van der Waals surface area contributed by atoms with Crippen molar-refractivity contribution in [1.82, 2.24) is 14.7 Å². The van der Waals surface area contributed by atoms with Crippen molar-refractivity contribution >= 4 is 11.6 Å². The third kappa shape index (κ3) is 2.10. The monoisotopic (exact) mass is 242 g/mol. The molecule has 1 aliphatic heterocycles. The van der Waals surface area contributed by atoms with Gasteiger partial charge in [0.2, 0.25) is 0 Å². The van der Waals surface area contributed by atoms with Gasteiger partial charge in [0, 0.05) is 31.7 Å². The zero-order chi connectivity index (χ0) is 11.7. The van der Waals surface area contributed by atoms with E-state index < -0.39 is 0 Å². The number of hydrogen-bond acceptors (Lipinski definition) is 3. The van der Waals surface area contributed by atoms with Crippen LogP contribution in [0.1, 0.15) is 24.1 Å². The fourth-order valence-corrected chi connectivity index (χ4v) is 2.66. The van der Waals surface area contributed by atoms with Crippen molar-refractivity contribution in [3.63, 3.8) is 0 Å². The van der Waals surface area contributed by atoms with E-state index in [4.69, 9.17) is 17.3 Å². The molecule has 0 aromatic carbocycles. The first-order valence-corrected chi connectivity index (χ1v) is 6.13. The van der Waals surface area contributed by atoms with Crippen LogP contribution in [0.5, 0.6) is 0 Å². The first-order chi connectivity index (χ1) is 7.63. The predicted molar refractivity (Wildman–Crippen MR) is 65.4 cm³/mol. The van der Waals surface area contributed by atoms with Crippen molar-refractivity contribution in [2.75, 3.05) is 13.1 Å². The van der Waals surface area contributed by atoms with Crippen molar-refractivity contribution in [2.45, 2.75) is 32.4 Å². The van der Waals surface area contributed by atoms with E-state index in [0.29, 0.717) is 6.04 Å². The molecule has 90 valence electrons. The number of hydrogen-bond donors (Lipinski definition) is 1. The summed E-state index contributed by atoms with van der Waals surface area (Å²) in [5, 5.41) is 5.08. The first-order valence-electron chi connectivity index (χ1n) is 5.75. The molecule has 0 aliphatic carbocycles. The maximum atomic E-state index is 6.23. The van der Waals surface area contributed by atoms with Gasteiger partial charge in [-0.25, -0.2) is 0 Å². The minimum atomic E-state index is 0.510. The van der Waals surface area contributed by atoms with Gasteiger partial charge < -0.3 is 5.73 Å². The van der Waals surface area contributed by atoms with Gasteiger partial charge in [-0.3, -0.25) is 9.58 Å². The van der Waals surface area contributed by atoms with Gasteiger partial charge in [-0.1, -0.05) is 11.6 Å². The molecule has 2 heterocycles. The molecule has 0 bridgehead atoms. The molecule has 0 spiro atoms. The second-order valence-electron chi connectivity index (χ2n) is 4.48. The molecule has 1 saturated heterocycles. The second-order valence-corrected chi connectivity index (χ2v) is 4.84. The highest BCUT2D eigenvalue weighted by Crippen LogP contribution is 2.25. The molecule has 4 nitrogen and oxygen atoms in total. The minimum Gasteiger partial charge on any atom is -0.329 e. The van der Waals surface area contributed by atoms with Crippen molar-refractivity contribution < 1.29 is 0 Å². The molecule has 1 fully saturated rings. The number of nitrogens with two attached hydrogens (primary N) is 1. The molecule has 1 aromatic rings. The van der Waals surface area contributed by atoms with Gasteiger partial charge >= 0.3 is 0 Å². The number of halogens is 1. The van der Waals surface area contributed by atoms with Crippen LogP contribution in [0.4, 0.5) is 0 Å². The van der Waals surface area contributed by atoms with Crippen LogP contribution in [-0.2, 0) is 13.6 Å². The van der Waals surface area contributed by atoms with Gasteiger partial charge in [-0.2, -0.15) is 5.10 Å². The number of aromatic nitrogens is 2. The highest BCUT2D eigenvalue weighted by Gasteiger charge is 2.25. The molecule has 2 rings (SSSR count). The standard InChI is InChI=1S/C11H19ClN4/c1-8-10(11(12)15(2)14-8)7-16-5-3-4-9(16)6-13/h9H,3-7,13H2,1-2H3. The molecule has 0 saturated carbocycles. The van der Waals surface area contributed by atoms with E-state index in [0.717, 1.165) is 36.0 Å². The SMILES string of the molecule is Cc1nn(C)c(Cl)c1CN1CCCC1CN. The fourth-order valence-electron chi connectivity index (χ4n) is 2.43. The summed E-state index contributed by atoms with van der Waals surface area (Å²) in [5.41, 5.74) is 7.93. The van der Waals surface area contributed by atoms with Gasteiger partial charge in [0.15, 0.2) is 0 Å². The summed E-state index contributed by atoms with van der Waals surface area (Å²) in [6.45, 7) is 4.73. The maximum absolute atomic E-state index is 6.23. The van der Waals surface area contributed by atoms with E-state index in [-0.39, 0.29) is 0 Å². The topological polar surface area (TPSA) is 47.1 Å². The van der Waals surface area contributed by atoms with E-state index in [1.54, 1.807) is 4.68 Å². The Kier molecular flexibility index (Phi) is 3.52. The van der Waals surface area contributed by atoms with Gasteiger partial charge in [-0.05, 0) is 26.3 Å². The lowest BCUT2D eigenvalue weighted by Crippen LogP contribution is -2.35. The van der Waals surface area contributed by atoms with Gasteiger partial charge in [-0.15, -0.1) is 0 Å². The van der Waals surface area contributed by atoms with Crippen LogP contribution in [-0.4, -0.2) is 33.8 Å². The molecule has 0 amide bonds. The summed E-state index contributed by atoms with van der Waals surface area (Å²) in [4.78, 5) is 2.41. The van der Waals surface area contributed by atoms with E-state index in [1.807, 2.05) is 14.0 Å². The number of likely N-dealkylation sites (tertiary alicyclic amines) is 1. The Labute approximate surface area is 101 Å². The van der Waals surface area contributed by atoms with Crippen LogP contribution < -0.4 is 5.73 Å². The Balaban J connectivity index is 2.14. The minimum absolute atomic E-state index is 0.510. The lowest BCUT2D eigenvalue weighted by atomic mass is 10.2. The number of nitrogens with zero attached hydrogens (tertiary/aromatic N) is 3. The van der Waals surface area contributed by atoms with Crippen molar-refractivity contribution in [3.05, 3.63) is 16.4 Å². The summed E-state index contributed by atoms with van der Waals surface area (Å²) >= 11 is 6.23. The van der Waals surface area contributed by atoms with Crippen LogP contribution in [0.3, 0.4) is 0 Å². The average Bonchev–Trinajstić information content (AvgIpc) is 2.79. The van der Waals surface area contributed by atoms with E-state index in [9.17, 15) is 0 Å². The van der Waals surface area contributed by atoms with Crippen LogP contribution >= 0.6 is 11.6 Å². The Hall–Kier alpha value is -0.580. The van der Waals surface area contributed by atoms with Crippen molar-refractivity contribution in [2.24, 2.45) is 12.8 Å². The fraction of sp³-hybridized carbons (Fsp3) is 0.727. The van der Waals surface area contributed by atoms with Crippen LogP contribution in [0.25, 0.3) is 0 Å². The smallest absolute Gasteiger partial charge is 0.131 e. The van der Waals surface area contributed by atoms with E-state index in [1.165, 1.54) is 12.8 Å². The summed E-state index contributed by atoms with van der Waals surface area (Å²) < 4.78 is 1.74. The number of aryl methyl sites for hydroxylation is 2. The molecule has 1 unspecified atom stereocenters.